The molecule has 0 bridgehead atoms. The molecule has 1 aromatic heterocycles. The first-order chi connectivity index (χ1) is 9.95. The number of H-pyrrole nitrogens is 1. The molecule has 0 atom stereocenters. The number of sulfone groups is 1. The standard InChI is InChI=1S/C12H20N4O4S/c1-2-16-11(18)14-15-12(16)21(19,20)8-7-13-10(17)9-5-3-4-6-9/h9H,2-8H2,1H3,(H,13,17)(H,14,18). The maximum atomic E-state index is 12.1. The third-order valence-electron chi connectivity index (χ3n) is 3.71. The van der Waals surface area contributed by atoms with Crippen LogP contribution in [0.3, 0.4) is 0 Å². The Morgan fingerprint density at radius 3 is 2.71 bits per heavy atom. The Bertz CT molecular complexity index is 655. The van der Waals surface area contributed by atoms with E-state index < -0.39 is 15.5 Å². The van der Waals surface area contributed by atoms with Gasteiger partial charge < -0.3 is 5.32 Å². The number of amides is 1. The molecule has 9 heteroatoms. The lowest BCUT2D eigenvalue weighted by Gasteiger charge is -2.10. The van der Waals surface area contributed by atoms with Crippen molar-refractivity contribution in [1.82, 2.24) is 20.1 Å². The smallest absolute Gasteiger partial charge is 0.344 e. The highest BCUT2D eigenvalue weighted by molar-refractivity contribution is 7.91. The molecule has 1 fully saturated rings. The van der Waals surface area contributed by atoms with Gasteiger partial charge in [0.05, 0.1) is 5.75 Å². The fourth-order valence-electron chi connectivity index (χ4n) is 2.55. The van der Waals surface area contributed by atoms with Crippen LogP contribution in [0.25, 0.3) is 0 Å². The second-order valence-electron chi connectivity index (χ2n) is 5.15. The Hall–Kier alpha value is -1.64. The molecule has 0 aromatic carbocycles. The molecule has 1 aromatic rings. The number of nitrogens with one attached hydrogen (secondary N) is 2. The number of hydrogen-bond donors (Lipinski definition) is 2. The zero-order chi connectivity index (χ0) is 15.5. The van der Waals surface area contributed by atoms with E-state index in [1.165, 1.54) is 0 Å². The number of carbonyl (C=O) groups is 1. The van der Waals surface area contributed by atoms with E-state index in [2.05, 4.69) is 15.5 Å². The first-order valence-electron chi connectivity index (χ1n) is 7.11. The molecule has 1 saturated carbocycles. The minimum atomic E-state index is -3.70. The fourth-order valence-corrected chi connectivity index (χ4v) is 3.84. The van der Waals surface area contributed by atoms with Crippen LogP contribution >= 0.6 is 0 Å². The number of aromatic amines is 1. The van der Waals surface area contributed by atoms with E-state index >= 15 is 0 Å². The van der Waals surface area contributed by atoms with Crippen LogP contribution in [0.15, 0.2) is 9.95 Å². The van der Waals surface area contributed by atoms with Crippen molar-refractivity contribution in [2.75, 3.05) is 12.3 Å². The van der Waals surface area contributed by atoms with E-state index in [1.807, 2.05) is 0 Å². The summed E-state index contributed by atoms with van der Waals surface area (Å²) in [6.45, 7) is 1.92. The Labute approximate surface area is 122 Å². The molecule has 118 valence electrons. The van der Waals surface area contributed by atoms with Gasteiger partial charge >= 0.3 is 5.69 Å². The normalized spacial score (nSPS) is 16.2. The molecular weight excluding hydrogens is 296 g/mol. The maximum Gasteiger partial charge on any atom is 0.344 e. The van der Waals surface area contributed by atoms with E-state index in [1.54, 1.807) is 6.92 Å². The molecule has 0 spiro atoms. The monoisotopic (exact) mass is 316 g/mol. The highest BCUT2D eigenvalue weighted by Gasteiger charge is 2.25. The van der Waals surface area contributed by atoms with Gasteiger partial charge in [0.15, 0.2) is 0 Å². The van der Waals surface area contributed by atoms with Crippen molar-refractivity contribution in [3.05, 3.63) is 10.5 Å². The molecule has 0 unspecified atom stereocenters. The van der Waals surface area contributed by atoms with Crippen LogP contribution in [0.2, 0.25) is 0 Å². The molecule has 8 nitrogen and oxygen atoms in total. The van der Waals surface area contributed by atoms with Crippen molar-refractivity contribution >= 4 is 15.7 Å². The average molecular weight is 316 g/mol. The van der Waals surface area contributed by atoms with Crippen LogP contribution in [0.5, 0.6) is 0 Å². The van der Waals surface area contributed by atoms with E-state index in [9.17, 15) is 18.0 Å². The molecule has 0 saturated heterocycles. The lowest BCUT2D eigenvalue weighted by molar-refractivity contribution is -0.124. The average Bonchev–Trinajstić information content (AvgIpc) is 3.07. The van der Waals surface area contributed by atoms with E-state index in [4.69, 9.17) is 0 Å². The SMILES string of the molecule is CCn1c(S(=O)(=O)CCNC(=O)C2CCCC2)n[nH]c1=O. The predicted molar refractivity (Wildman–Crippen MR) is 75.5 cm³/mol. The molecule has 1 amide bonds. The number of aromatic nitrogens is 3. The van der Waals surface area contributed by atoms with Crippen molar-refractivity contribution in [2.45, 2.75) is 44.3 Å². The quantitative estimate of drug-likeness (QED) is 0.746. The summed E-state index contributed by atoms with van der Waals surface area (Å²) in [4.78, 5) is 23.2. The van der Waals surface area contributed by atoms with Crippen LogP contribution in [0.1, 0.15) is 32.6 Å². The van der Waals surface area contributed by atoms with Crippen molar-refractivity contribution in [1.29, 1.82) is 0 Å². The second kappa shape index (κ2) is 6.42. The first-order valence-corrected chi connectivity index (χ1v) is 8.76. The molecule has 1 heterocycles. The summed E-state index contributed by atoms with van der Waals surface area (Å²) >= 11 is 0. The van der Waals surface area contributed by atoms with E-state index in [0.717, 1.165) is 30.3 Å². The summed E-state index contributed by atoms with van der Waals surface area (Å²) in [6, 6.07) is 0. The molecule has 1 aliphatic carbocycles. The van der Waals surface area contributed by atoms with Crippen LogP contribution in [0, 0.1) is 5.92 Å². The Morgan fingerprint density at radius 2 is 2.10 bits per heavy atom. The van der Waals surface area contributed by atoms with E-state index in [0.29, 0.717) is 0 Å². The van der Waals surface area contributed by atoms with Crippen LogP contribution in [-0.2, 0) is 21.2 Å². The third kappa shape index (κ3) is 3.52. The van der Waals surface area contributed by atoms with Crippen molar-refractivity contribution in [3.8, 4) is 0 Å². The molecular formula is C12H20N4O4S. The van der Waals surface area contributed by atoms with Gasteiger partial charge in [0.25, 0.3) is 0 Å². The summed E-state index contributed by atoms with van der Waals surface area (Å²) in [5.74, 6) is -0.347. The summed E-state index contributed by atoms with van der Waals surface area (Å²) < 4.78 is 25.3. The van der Waals surface area contributed by atoms with Gasteiger partial charge in [-0.15, -0.1) is 5.10 Å². The summed E-state index contributed by atoms with van der Waals surface area (Å²) in [5.41, 5.74) is -0.550. The summed E-state index contributed by atoms with van der Waals surface area (Å²) in [7, 11) is -3.70. The highest BCUT2D eigenvalue weighted by Crippen LogP contribution is 2.24. The Balaban J connectivity index is 1.95. The molecule has 21 heavy (non-hydrogen) atoms. The summed E-state index contributed by atoms with van der Waals surface area (Å²) in [6.07, 6.45) is 3.83. The number of hydrogen-bond acceptors (Lipinski definition) is 5. The topological polar surface area (TPSA) is 114 Å². The van der Waals surface area contributed by atoms with Gasteiger partial charge in [-0.25, -0.2) is 18.3 Å². The molecule has 2 rings (SSSR count). The first kappa shape index (κ1) is 15.7. The van der Waals surface area contributed by atoms with Crippen LogP contribution in [-0.4, -0.2) is 41.4 Å². The predicted octanol–water partition coefficient (Wildman–Crippen LogP) is -0.329. The van der Waals surface area contributed by atoms with Gasteiger partial charge in [-0.1, -0.05) is 12.8 Å². The maximum absolute atomic E-state index is 12.1. The van der Waals surface area contributed by atoms with Gasteiger partial charge in [-0.05, 0) is 19.8 Å². The number of carbonyl (C=O) groups excluding carboxylic acids is 1. The van der Waals surface area contributed by atoms with Crippen molar-refractivity contribution < 1.29 is 13.2 Å². The third-order valence-corrected chi connectivity index (χ3v) is 5.32. The molecule has 0 aliphatic heterocycles. The molecule has 0 radical (unpaired) electrons. The fraction of sp³-hybridized carbons (Fsp3) is 0.750. The zero-order valence-corrected chi connectivity index (χ0v) is 12.8. The van der Waals surface area contributed by atoms with Gasteiger partial charge in [0.1, 0.15) is 0 Å². The van der Waals surface area contributed by atoms with Gasteiger partial charge in [-0.3, -0.25) is 9.36 Å². The van der Waals surface area contributed by atoms with Crippen molar-refractivity contribution in [2.24, 2.45) is 5.92 Å². The minimum absolute atomic E-state index is 0.00640. The van der Waals surface area contributed by atoms with Crippen LogP contribution < -0.4 is 11.0 Å². The summed E-state index contributed by atoms with van der Waals surface area (Å²) in [5, 5.41) is 8.07. The minimum Gasteiger partial charge on any atom is -0.355 e. The number of rotatable bonds is 6. The van der Waals surface area contributed by atoms with Gasteiger partial charge in [0.2, 0.25) is 20.9 Å². The van der Waals surface area contributed by atoms with Crippen molar-refractivity contribution in [3.63, 3.8) is 0 Å². The lowest BCUT2D eigenvalue weighted by Crippen LogP contribution is -2.34. The second-order valence-corrected chi connectivity index (χ2v) is 7.15. The van der Waals surface area contributed by atoms with E-state index in [-0.39, 0.29) is 35.8 Å². The lowest BCUT2D eigenvalue weighted by atomic mass is 10.1. The zero-order valence-electron chi connectivity index (χ0n) is 12.0. The highest BCUT2D eigenvalue weighted by atomic mass is 32.2. The number of nitrogens with zero attached hydrogens (tertiary/aromatic N) is 2. The van der Waals surface area contributed by atoms with Gasteiger partial charge in [0, 0.05) is 19.0 Å². The molecule has 2 N–H and O–H groups in total. The largest absolute Gasteiger partial charge is 0.355 e. The van der Waals surface area contributed by atoms with Gasteiger partial charge in [-0.2, -0.15) is 0 Å². The van der Waals surface area contributed by atoms with Crippen LogP contribution in [0.4, 0.5) is 0 Å². The molecule has 1 aliphatic rings. The Morgan fingerprint density at radius 1 is 1.43 bits per heavy atom. The Kier molecular flexibility index (Phi) is 4.81.